The van der Waals surface area contributed by atoms with Gasteiger partial charge in [0.25, 0.3) is 0 Å². The Bertz CT molecular complexity index is 506. The van der Waals surface area contributed by atoms with E-state index in [1.54, 1.807) is 7.05 Å². The van der Waals surface area contributed by atoms with Gasteiger partial charge in [-0.15, -0.1) is 0 Å². The summed E-state index contributed by atoms with van der Waals surface area (Å²) in [6, 6.07) is 0. The van der Waals surface area contributed by atoms with Crippen LogP contribution in [0.3, 0.4) is 0 Å². The highest BCUT2D eigenvalue weighted by Crippen LogP contribution is 2.21. The number of aromatic nitrogens is 2. The molecule has 1 aromatic heterocycles. The van der Waals surface area contributed by atoms with Crippen molar-refractivity contribution in [2.24, 2.45) is 5.92 Å². The summed E-state index contributed by atoms with van der Waals surface area (Å²) >= 11 is 0. The van der Waals surface area contributed by atoms with Crippen LogP contribution in [0.4, 0.5) is 17.5 Å². The molecule has 1 heterocycles. The van der Waals surface area contributed by atoms with Crippen LogP contribution >= 0.6 is 0 Å². The maximum atomic E-state index is 11.5. The Labute approximate surface area is 122 Å². The molecule has 0 unspecified atom stereocenters. The van der Waals surface area contributed by atoms with Crippen LogP contribution in [-0.2, 0) is 4.79 Å². The van der Waals surface area contributed by atoms with E-state index < -0.39 is 4.92 Å². The fourth-order valence-electron chi connectivity index (χ4n) is 1.46. The van der Waals surface area contributed by atoms with Gasteiger partial charge >= 0.3 is 5.69 Å². The molecular weight excluding hydrogens is 276 g/mol. The Morgan fingerprint density at radius 3 is 2.76 bits per heavy atom. The summed E-state index contributed by atoms with van der Waals surface area (Å²) in [6.45, 7) is 4.87. The molecule has 0 radical (unpaired) electrons. The topological polar surface area (TPSA) is 122 Å². The fraction of sp³-hybridized carbons (Fsp3) is 0.583. The molecule has 1 aromatic rings. The minimum atomic E-state index is -0.569. The number of amides is 1. The largest absolute Gasteiger partial charge is 0.364 e. The van der Waals surface area contributed by atoms with Crippen LogP contribution in [0.15, 0.2) is 6.20 Å². The van der Waals surface area contributed by atoms with Gasteiger partial charge in [-0.2, -0.15) is 4.98 Å². The molecule has 0 aromatic carbocycles. The molecule has 0 saturated heterocycles. The first-order chi connectivity index (χ1) is 9.93. The van der Waals surface area contributed by atoms with Gasteiger partial charge in [0.2, 0.25) is 17.7 Å². The minimum absolute atomic E-state index is 0.0935. The number of carbonyl (C=O) groups excluding carboxylic acids is 1. The predicted molar refractivity (Wildman–Crippen MR) is 79.2 cm³/mol. The highest BCUT2D eigenvalue weighted by atomic mass is 16.6. The molecule has 0 spiro atoms. The molecule has 0 saturated carbocycles. The number of carbonyl (C=O) groups is 1. The van der Waals surface area contributed by atoms with Crippen LogP contribution in [0.2, 0.25) is 0 Å². The lowest BCUT2D eigenvalue weighted by Crippen LogP contribution is -2.28. The average molecular weight is 296 g/mol. The number of hydrogen-bond acceptors (Lipinski definition) is 7. The normalized spacial score (nSPS) is 10.3. The van der Waals surface area contributed by atoms with E-state index in [9.17, 15) is 14.9 Å². The molecule has 0 aliphatic heterocycles. The zero-order valence-electron chi connectivity index (χ0n) is 12.3. The van der Waals surface area contributed by atoms with Crippen molar-refractivity contribution in [3.05, 3.63) is 16.3 Å². The second-order valence-corrected chi connectivity index (χ2v) is 4.81. The van der Waals surface area contributed by atoms with Gasteiger partial charge in [-0.1, -0.05) is 13.8 Å². The summed E-state index contributed by atoms with van der Waals surface area (Å²) in [5.74, 6) is 0.633. The van der Waals surface area contributed by atoms with Crippen LogP contribution in [0, 0.1) is 16.0 Å². The summed E-state index contributed by atoms with van der Waals surface area (Å²) in [5, 5.41) is 19.1. The van der Waals surface area contributed by atoms with Crippen LogP contribution in [-0.4, -0.2) is 40.9 Å². The van der Waals surface area contributed by atoms with Crippen molar-refractivity contribution in [1.29, 1.82) is 0 Å². The number of rotatable bonds is 8. The third-order valence-electron chi connectivity index (χ3n) is 2.54. The number of anilines is 2. The molecule has 0 fully saturated rings. The van der Waals surface area contributed by atoms with E-state index in [2.05, 4.69) is 25.9 Å². The first kappa shape index (κ1) is 16.6. The number of hydrogen-bond donors (Lipinski definition) is 3. The Morgan fingerprint density at radius 2 is 2.19 bits per heavy atom. The molecule has 9 heteroatoms. The average Bonchev–Trinajstić information content (AvgIpc) is 2.44. The Kier molecular flexibility index (Phi) is 6.31. The highest BCUT2D eigenvalue weighted by Gasteiger charge is 2.16. The van der Waals surface area contributed by atoms with Gasteiger partial charge < -0.3 is 16.0 Å². The van der Waals surface area contributed by atoms with Crippen LogP contribution in [0.25, 0.3) is 0 Å². The Balaban J connectivity index is 2.57. The fourth-order valence-corrected chi connectivity index (χ4v) is 1.46. The van der Waals surface area contributed by atoms with Gasteiger partial charge in [0.15, 0.2) is 0 Å². The lowest BCUT2D eigenvalue weighted by atomic mass is 10.2. The molecule has 0 bridgehead atoms. The smallest absolute Gasteiger partial charge is 0.329 e. The highest BCUT2D eigenvalue weighted by molar-refractivity contribution is 5.76. The van der Waals surface area contributed by atoms with E-state index in [-0.39, 0.29) is 36.3 Å². The predicted octanol–water partition coefficient (Wildman–Crippen LogP) is 1.00. The van der Waals surface area contributed by atoms with Crippen molar-refractivity contribution in [3.8, 4) is 0 Å². The van der Waals surface area contributed by atoms with Gasteiger partial charge in [0, 0.05) is 26.6 Å². The van der Waals surface area contributed by atoms with Crippen molar-refractivity contribution >= 4 is 23.4 Å². The Morgan fingerprint density at radius 1 is 1.48 bits per heavy atom. The first-order valence-corrected chi connectivity index (χ1v) is 6.63. The van der Waals surface area contributed by atoms with Crippen molar-refractivity contribution in [1.82, 2.24) is 15.3 Å². The SMILES string of the molecule is CNc1ncc([N+](=O)[O-])c(NCCC(=O)NCC(C)C)n1. The third kappa shape index (κ3) is 5.59. The molecule has 1 rings (SSSR count). The van der Waals surface area contributed by atoms with E-state index in [0.717, 1.165) is 6.20 Å². The maximum Gasteiger partial charge on any atom is 0.329 e. The standard InChI is InChI=1S/C12H20N6O3/c1-8(2)6-15-10(19)4-5-14-11-9(18(20)21)7-16-12(13-3)17-11/h7-8H,4-6H2,1-3H3,(H,15,19)(H2,13,14,16,17). The molecule has 0 aliphatic rings. The monoisotopic (exact) mass is 296 g/mol. The van der Waals surface area contributed by atoms with Gasteiger partial charge in [-0.3, -0.25) is 14.9 Å². The molecule has 21 heavy (non-hydrogen) atoms. The summed E-state index contributed by atoms with van der Waals surface area (Å²) < 4.78 is 0. The van der Waals surface area contributed by atoms with E-state index in [1.807, 2.05) is 13.8 Å². The molecule has 116 valence electrons. The second-order valence-electron chi connectivity index (χ2n) is 4.81. The van der Waals surface area contributed by atoms with E-state index in [0.29, 0.717) is 12.5 Å². The molecule has 0 aliphatic carbocycles. The van der Waals surface area contributed by atoms with Crippen molar-refractivity contribution in [2.75, 3.05) is 30.8 Å². The quantitative estimate of drug-likeness (QED) is 0.483. The van der Waals surface area contributed by atoms with E-state index in [1.165, 1.54) is 0 Å². The summed E-state index contributed by atoms with van der Waals surface area (Å²) in [5.41, 5.74) is -0.225. The second kappa shape index (κ2) is 7.98. The lowest BCUT2D eigenvalue weighted by Gasteiger charge is -2.09. The third-order valence-corrected chi connectivity index (χ3v) is 2.54. The molecule has 9 nitrogen and oxygen atoms in total. The number of nitrogens with one attached hydrogen (secondary N) is 3. The maximum absolute atomic E-state index is 11.5. The number of nitro groups is 1. The van der Waals surface area contributed by atoms with Crippen molar-refractivity contribution < 1.29 is 9.72 Å². The zero-order valence-corrected chi connectivity index (χ0v) is 12.3. The van der Waals surface area contributed by atoms with E-state index in [4.69, 9.17) is 0 Å². The van der Waals surface area contributed by atoms with Crippen LogP contribution in [0.5, 0.6) is 0 Å². The van der Waals surface area contributed by atoms with Gasteiger partial charge in [-0.05, 0) is 5.92 Å². The van der Waals surface area contributed by atoms with Crippen molar-refractivity contribution in [3.63, 3.8) is 0 Å². The number of nitrogens with zero attached hydrogens (tertiary/aromatic N) is 3. The molecule has 0 atom stereocenters. The van der Waals surface area contributed by atoms with Crippen LogP contribution in [0.1, 0.15) is 20.3 Å². The van der Waals surface area contributed by atoms with Gasteiger partial charge in [0.05, 0.1) is 4.92 Å². The lowest BCUT2D eigenvalue weighted by molar-refractivity contribution is -0.384. The first-order valence-electron chi connectivity index (χ1n) is 6.63. The molecule has 3 N–H and O–H groups in total. The minimum Gasteiger partial charge on any atom is -0.364 e. The van der Waals surface area contributed by atoms with Crippen molar-refractivity contribution in [2.45, 2.75) is 20.3 Å². The summed E-state index contributed by atoms with van der Waals surface area (Å²) in [6.07, 6.45) is 1.34. The van der Waals surface area contributed by atoms with Crippen LogP contribution < -0.4 is 16.0 Å². The van der Waals surface area contributed by atoms with Gasteiger partial charge in [0.1, 0.15) is 6.20 Å². The summed E-state index contributed by atoms with van der Waals surface area (Å²) in [7, 11) is 1.62. The summed E-state index contributed by atoms with van der Waals surface area (Å²) in [4.78, 5) is 29.6. The Hall–Kier alpha value is -2.45. The zero-order chi connectivity index (χ0) is 15.8. The van der Waals surface area contributed by atoms with E-state index >= 15 is 0 Å². The molecule has 1 amide bonds. The van der Waals surface area contributed by atoms with Gasteiger partial charge in [-0.25, -0.2) is 4.98 Å². The molecular formula is C12H20N6O3.